The van der Waals surface area contributed by atoms with Crippen molar-refractivity contribution in [2.24, 2.45) is 0 Å². The van der Waals surface area contributed by atoms with E-state index < -0.39 is 8.56 Å². The molecule has 0 aromatic carbocycles. The fourth-order valence-corrected chi connectivity index (χ4v) is 3.79. The zero-order valence-electron chi connectivity index (χ0n) is 14.5. The Balaban J connectivity index is 3.99. The van der Waals surface area contributed by atoms with Crippen molar-refractivity contribution in [3.05, 3.63) is 0 Å². The maximum absolute atomic E-state index is 5.56. The first kappa shape index (κ1) is 20.1. The van der Waals surface area contributed by atoms with Gasteiger partial charge in [0.15, 0.2) is 0 Å². The first-order chi connectivity index (χ1) is 9.61. The van der Waals surface area contributed by atoms with Crippen LogP contribution in [0.15, 0.2) is 0 Å². The molecular weight excluding hydrogens is 266 g/mol. The van der Waals surface area contributed by atoms with E-state index in [1.807, 2.05) is 0 Å². The lowest BCUT2D eigenvalue weighted by Gasteiger charge is -2.26. The summed E-state index contributed by atoms with van der Waals surface area (Å²) in [6.07, 6.45) is 9.20. The summed E-state index contributed by atoms with van der Waals surface area (Å²) in [6.45, 7) is 10.4. The molecule has 3 nitrogen and oxygen atoms in total. The van der Waals surface area contributed by atoms with Crippen molar-refractivity contribution in [3.63, 3.8) is 0 Å². The van der Waals surface area contributed by atoms with Gasteiger partial charge in [0.25, 0.3) is 0 Å². The van der Waals surface area contributed by atoms with Crippen molar-refractivity contribution in [2.45, 2.75) is 71.4 Å². The van der Waals surface area contributed by atoms with Crippen LogP contribution in [-0.2, 0) is 8.85 Å². The summed E-state index contributed by atoms with van der Waals surface area (Å²) in [5.41, 5.74) is 0. The molecule has 0 aliphatic heterocycles. The van der Waals surface area contributed by atoms with Crippen molar-refractivity contribution in [1.29, 1.82) is 0 Å². The Kier molecular flexibility index (Phi) is 12.9. The molecule has 0 rings (SSSR count). The highest BCUT2D eigenvalue weighted by Crippen LogP contribution is 2.14. The molecule has 20 heavy (non-hydrogen) atoms. The Morgan fingerprint density at radius 3 is 1.60 bits per heavy atom. The molecule has 0 aromatic rings. The van der Waals surface area contributed by atoms with Crippen LogP contribution in [0.1, 0.15) is 58.8 Å². The smallest absolute Gasteiger partial charge is 0.334 e. The molecule has 0 spiro atoms. The van der Waals surface area contributed by atoms with Gasteiger partial charge in [0.2, 0.25) is 0 Å². The molecule has 0 amide bonds. The lowest BCUT2D eigenvalue weighted by atomic mass is 10.2. The summed E-state index contributed by atoms with van der Waals surface area (Å²) in [5.74, 6) is 0. The van der Waals surface area contributed by atoms with Crippen LogP contribution in [0.4, 0.5) is 0 Å². The van der Waals surface area contributed by atoms with E-state index in [0.717, 1.165) is 6.04 Å². The van der Waals surface area contributed by atoms with Gasteiger partial charge >= 0.3 is 8.56 Å². The fourth-order valence-electron chi connectivity index (χ4n) is 2.42. The molecular formula is C16H37NO2Si. The standard InChI is InChI=1S/C16H37NO2Si/c1-6-8-10-13-17(14-11-9-7-2)15-12-16-20(5,18-3)19-4/h6-16H2,1-5H3. The van der Waals surface area contributed by atoms with E-state index in [1.54, 1.807) is 14.2 Å². The van der Waals surface area contributed by atoms with Crippen molar-refractivity contribution in [1.82, 2.24) is 4.90 Å². The summed E-state index contributed by atoms with van der Waals surface area (Å²) < 4.78 is 11.1. The summed E-state index contributed by atoms with van der Waals surface area (Å²) in [4.78, 5) is 2.64. The average Bonchev–Trinajstić information content (AvgIpc) is 2.47. The van der Waals surface area contributed by atoms with Crippen LogP contribution in [0.5, 0.6) is 0 Å². The molecule has 0 aliphatic carbocycles. The second kappa shape index (κ2) is 12.8. The van der Waals surface area contributed by atoms with Crippen LogP contribution < -0.4 is 0 Å². The lowest BCUT2D eigenvalue weighted by molar-refractivity contribution is 0.235. The number of hydrogen-bond acceptors (Lipinski definition) is 3. The molecule has 0 aromatic heterocycles. The number of unbranched alkanes of at least 4 members (excludes halogenated alkanes) is 4. The average molecular weight is 304 g/mol. The van der Waals surface area contributed by atoms with Crippen molar-refractivity contribution >= 4 is 8.56 Å². The van der Waals surface area contributed by atoms with Crippen molar-refractivity contribution in [3.8, 4) is 0 Å². The van der Waals surface area contributed by atoms with Gasteiger partial charge in [-0.1, -0.05) is 39.5 Å². The molecule has 122 valence electrons. The monoisotopic (exact) mass is 303 g/mol. The van der Waals surface area contributed by atoms with Crippen LogP contribution in [0, 0.1) is 0 Å². The van der Waals surface area contributed by atoms with Gasteiger partial charge < -0.3 is 13.8 Å². The lowest BCUT2D eigenvalue weighted by Crippen LogP contribution is -2.37. The second-order valence-electron chi connectivity index (χ2n) is 5.90. The third-order valence-electron chi connectivity index (χ3n) is 4.12. The van der Waals surface area contributed by atoms with Gasteiger partial charge in [-0.15, -0.1) is 0 Å². The Hall–Kier alpha value is 0.0969. The number of rotatable bonds is 14. The van der Waals surface area contributed by atoms with Crippen molar-refractivity contribution < 1.29 is 8.85 Å². The third kappa shape index (κ3) is 9.92. The Morgan fingerprint density at radius 2 is 1.20 bits per heavy atom. The first-order valence-electron chi connectivity index (χ1n) is 8.44. The molecule has 0 saturated carbocycles. The van der Waals surface area contributed by atoms with Crippen LogP contribution in [0.2, 0.25) is 12.6 Å². The third-order valence-corrected chi connectivity index (χ3v) is 7.11. The van der Waals surface area contributed by atoms with E-state index in [4.69, 9.17) is 8.85 Å². The van der Waals surface area contributed by atoms with Crippen LogP contribution in [-0.4, -0.2) is 47.3 Å². The highest BCUT2D eigenvalue weighted by Gasteiger charge is 2.27. The molecule has 0 saturated heterocycles. The molecule has 0 unspecified atom stereocenters. The molecule has 0 N–H and O–H groups in total. The summed E-state index contributed by atoms with van der Waals surface area (Å²) in [7, 11) is 1.71. The summed E-state index contributed by atoms with van der Waals surface area (Å²) >= 11 is 0. The fraction of sp³-hybridized carbons (Fsp3) is 1.00. The normalized spacial score (nSPS) is 12.3. The highest BCUT2D eigenvalue weighted by molar-refractivity contribution is 6.65. The topological polar surface area (TPSA) is 21.7 Å². The van der Waals surface area contributed by atoms with Gasteiger partial charge in [0, 0.05) is 14.2 Å². The minimum atomic E-state index is -1.87. The zero-order valence-corrected chi connectivity index (χ0v) is 15.5. The Bertz CT molecular complexity index is 201. The molecule has 0 heterocycles. The summed E-state index contributed by atoms with van der Waals surface area (Å²) in [6, 6.07) is 1.10. The predicted molar refractivity (Wildman–Crippen MR) is 90.6 cm³/mol. The Labute approximate surface area is 128 Å². The maximum atomic E-state index is 5.56. The molecule has 0 atom stereocenters. The minimum Gasteiger partial charge on any atom is -0.398 e. The van der Waals surface area contributed by atoms with Crippen molar-refractivity contribution in [2.75, 3.05) is 33.9 Å². The number of nitrogens with zero attached hydrogens (tertiary/aromatic N) is 1. The zero-order chi connectivity index (χ0) is 15.3. The Morgan fingerprint density at radius 1 is 0.750 bits per heavy atom. The highest BCUT2D eigenvalue weighted by atomic mass is 28.4. The number of hydrogen-bond donors (Lipinski definition) is 0. The minimum absolute atomic E-state index is 1.10. The molecule has 0 aliphatic rings. The summed E-state index contributed by atoms with van der Waals surface area (Å²) in [5, 5.41) is 0. The predicted octanol–water partition coefficient (Wildman–Crippen LogP) is 4.42. The molecule has 4 heteroatoms. The van der Waals surface area contributed by atoms with E-state index in [9.17, 15) is 0 Å². The van der Waals surface area contributed by atoms with Gasteiger partial charge in [-0.25, -0.2) is 0 Å². The molecule has 0 radical (unpaired) electrons. The van der Waals surface area contributed by atoms with Crippen LogP contribution in [0.25, 0.3) is 0 Å². The van der Waals surface area contributed by atoms with Gasteiger partial charge in [0.1, 0.15) is 0 Å². The van der Waals surface area contributed by atoms with Gasteiger partial charge in [0.05, 0.1) is 0 Å². The van der Waals surface area contributed by atoms with E-state index in [1.165, 1.54) is 64.6 Å². The van der Waals surface area contributed by atoms with Gasteiger partial charge in [-0.3, -0.25) is 0 Å². The van der Waals surface area contributed by atoms with Gasteiger partial charge in [-0.2, -0.15) is 0 Å². The van der Waals surface area contributed by atoms with E-state index in [2.05, 4.69) is 25.3 Å². The molecule has 0 bridgehead atoms. The van der Waals surface area contributed by atoms with Crippen LogP contribution in [0.3, 0.4) is 0 Å². The van der Waals surface area contributed by atoms with E-state index >= 15 is 0 Å². The van der Waals surface area contributed by atoms with Gasteiger partial charge in [-0.05, 0) is 51.5 Å². The SMILES string of the molecule is CCCCCN(CCCCC)CCC[Si](C)(OC)OC. The van der Waals surface area contributed by atoms with Crippen LogP contribution >= 0.6 is 0 Å². The molecule has 0 fully saturated rings. The first-order valence-corrected chi connectivity index (χ1v) is 11.0. The van der Waals surface area contributed by atoms with E-state index in [0.29, 0.717) is 0 Å². The second-order valence-corrected chi connectivity index (χ2v) is 9.49. The van der Waals surface area contributed by atoms with E-state index in [-0.39, 0.29) is 0 Å². The largest absolute Gasteiger partial charge is 0.398 e. The quantitative estimate of drug-likeness (QED) is 0.350. The maximum Gasteiger partial charge on any atom is 0.334 e.